The van der Waals surface area contributed by atoms with Gasteiger partial charge in [0.1, 0.15) is 17.3 Å². The second-order valence-electron chi connectivity index (χ2n) is 11.1. The Morgan fingerprint density at radius 3 is 2.26 bits per heavy atom. The first-order chi connectivity index (χ1) is 18.2. The Morgan fingerprint density at radius 1 is 0.842 bits per heavy atom. The van der Waals surface area contributed by atoms with Gasteiger partial charge in [-0.1, -0.05) is 26.0 Å². The minimum absolute atomic E-state index is 0.150. The van der Waals surface area contributed by atoms with Gasteiger partial charge in [0.25, 0.3) is 0 Å². The second-order valence-corrected chi connectivity index (χ2v) is 11.1. The van der Waals surface area contributed by atoms with Gasteiger partial charge in [0.15, 0.2) is 5.60 Å². The third-order valence-corrected chi connectivity index (χ3v) is 8.87. The molecule has 2 bridgehead atoms. The average molecular weight is 514 g/mol. The van der Waals surface area contributed by atoms with Crippen LogP contribution in [-0.4, -0.2) is 43.7 Å². The summed E-state index contributed by atoms with van der Waals surface area (Å²) in [4.78, 5) is 5.05. The van der Waals surface area contributed by atoms with Crippen molar-refractivity contribution in [3.05, 3.63) is 88.9 Å². The number of aliphatic hydroxyl groups is 1. The van der Waals surface area contributed by atoms with Crippen LogP contribution in [0, 0.1) is 17.0 Å². The normalized spacial score (nSPS) is 24.2. The van der Waals surface area contributed by atoms with Crippen LogP contribution in [0.15, 0.2) is 54.6 Å². The summed E-state index contributed by atoms with van der Waals surface area (Å²) in [5.41, 5.74) is 2.60. The second kappa shape index (κ2) is 7.91. The van der Waals surface area contributed by atoms with Crippen molar-refractivity contribution in [2.75, 3.05) is 13.2 Å². The number of fused-ring (bicyclic) bond motifs is 5. The third kappa shape index (κ3) is 3.03. The van der Waals surface area contributed by atoms with Gasteiger partial charge in [-0.2, -0.15) is 10.2 Å². The lowest BCUT2D eigenvalue weighted by Gasteiger charge is -2.37. The van der Waals surface area contributed by atoms with E-state index in [4.69, 9.17) is 9.72 Å². The molecule has 2 atom stereocenters. The standard InChI is InChI=1S/C29H25F2N5O2/c1-27(2)17-11-12-29(27,26-16(17)13-22(34-36-26)25-18(30)5-3-6-19(25)31)24-8-4-7-20(32-24)21-9-10-23(35-33-21)28(37)14-38-15-28/h3-10,13,17,37H,11-12,14-15H2,1-2H3/t17-,29+/m0/s1. The van der Waals surface area contributed by atoms with Gasteiger partial charge in [-0.3, -0.25) is 4.98 Å². The quantitative estimate of drug-likeness (QED) is 0.423. The highest BCUT2D eigenvalue weighted by Gasteiger charge is 2.65. The van der Waals surface area contributed by atoms with Gasteiger partial charge in [0, 0.05) is 0 Å². The Hall–Kier alpha value is -3.69. The zero-order valence-electron chi connectivity index (χ0n) is 20.9. The lowest BCUT2D eigenvalue weighted by atomic mass is 9.66. The smallest absolute Gasteiger partial charge is 0.155 e. The van der Waals surface area contributed by atoms with Crippen LogP contribution >= 0.6 is 0 Å². The van der Waals surface area contributed by atoms with Crippen molar-refractivity contribution in [3.8, 4) is 22.6 Å². The third-order valence-electron chi connectivity index (χ3n) is 8.87. The minimum Gasteiger partial charge on any atom is -0.379 e. The summed E-state index contributed by atoms with van der Waals surface area (Å²) in [6.07, 6.45) is 1.75. The van der Waals surface area contributed by atoms with E-state index in [0.717, 1.165) is 29.8 Å². The van der Waals surface area contributed by atoms with E-state index in [2.05, 4.69) is 34.2 Å². The molecule has 3 aromatic heterocycles. The van der Waals surface area contributed by atoms with Crippen LogP contribution in [0.5, 0.6) is 0 Å². The van der Waals surface area contributed by atoms with E-state index in [1.807, 2.05) is 24.3 Å². The van der Waals surface area contributed by atoms with Crippen molar-refractivity contribution in [2.45, 2.75) is 43.6 Å². The number of nitrogens with zero attached hydrogens (tertiary/aromatic N) is 5. The van der Waals surface area contributed by atoms with Gasteiger partial charge in [-0.25, -0.2) is 8.78 Å². The minimum atomic E-state index is -1.08. The molecule has 1 saturated heterocycles. The van der Waals surface area contributed by atoms with E-state index >= 15 is 0 Å². The molecule has 3 aliphatic rings. The molecule has 4 aromatic rings. The van der Waals surface area contributed by atoms with E-state index < -0.39 is 22.7 Å². The first-order valence-electron chi connectivity index (χ1n) is 12.7. The van der Waals surface area contributed by atoms with Gasteiger partial charge in [-0.15, -0.1) is 10.2 Å². The molecule has 192 valence electrons. The maximum Gasteiger partial charge on any atom is 0.155 e. The van der Waals surface area contributed by atoms with Crippen LogP contribution in [0.25, 0.3) is 22.6 Å². The molecule has 38 heavy (non-hydrogen) atoms. The fourth-order valence-corrected chi connectivity index (χ4v) is 6.73. The molecule has 1 N–H and O–H groups in total. The van der Waals surface area contributed by atoms with Crippen LogP contribution in [0.1, 0.15) is 55.3 Å². The van der Waals surface area contributed by atoms with Crippen molar-refractivity contribution in [1.29, 1.82) is 0 Å². The van der Waals surface area contributed by atoms with Crippen molar-refractivity contribution in [2.24, 2.45) is 5.41 Å². The first kappa shape index (κ1) is 23.4. The largest absolute Gasteiger partial charge is 0.379 e. The van der Waals surface area contributed by atoms with Crippen LogP contribution in [0.4, 0.5) is 8.78 Å². The molecule has 0 spiro atoms. The zero-order chi connectivity index (χ0) is 26.3. The van der Waals surface area contributed by atoms with Crippen molar-refractivity contribution in [3.63, 3.8) is 0 Å². The summed E-state index contributed by atoms with van der Waals surface area (Å²) in [5, 5.41) is 28.0. The molecular weight excluding hydrogens is 488 g/mol. The number of benzene rings is 1. The van der Waals surface area contributed by atoms with Gasteiger partial charge in [0.2, 0.25) is 0 Å². The maximum absolute atomic E-state index is 14.5. The summed E-state index contributed by atoms with van der Waals surface area (Å²) in [6, 6.07) is 15.0. The van der Waals surface area contributed by atoms with E-state index in [0.29, 0.717) is 17.1 Å². The number of hydrogen-bond acceptors (Lipinski definition) is 7. The van der Waals surface area contributed by atoms with Gasteiger partial charge in [0.05, 0.1) is 52.7 Å². The highest BCUT2D eigenvalue weighted by Crippen LogP contribution is 2.69. The predicted octanol–water partition coefficient (Wildman–Crippen LogP) is 4.69. The zero-order valence-corrected chi connectivity index (χ0v) is 20.9. The molecule has 7 rings (SSSR count). The van der Waals surface area contributed by atoms with Crippen molar-refractivity contribution in [1.82, 2.24) is 25.4 Å². The molecule has 1 aromatic carbocycles. The number of pyridine rings is 1. The molecule has 1 aliphatic heterocycles. The van der Waals surface area contributed by atoms with Crippen molar-refractivity contribution < 1.29 is 18.6 Å². The summed E-state index contributed by atoms with van der Waals surface area (Å²) in [5.74, 6) is -1.17. The number of ether oxygens (including phenoxy) is 1. The summed E-state index contributed by atoms with van der Waals surface area (Å²) >= 11 is 0. The lowest BCUT2D eigenvalue weighted by Crippen LogP contribution is -2.47. The number of rotatable bonds is 4. The first-order valence-corrected chi connectivity index (χ1v) is 12.7. The molecular formula is C29H25F2N5O2. The fraction of sp³-hybridized carbons (Fsp3) is 0.345. The number of hydrogen-bond donors (Lipinski definition) is 1. The molecule has 2 fully saturated rings. The highest BCUT2D eigenvalue weighted by atomic mass is 19.1. The average Bonchev–Trinajstić information content (AvgIpc) is 3.28. The molecule has 9 heteroatoms. The topological polar surface area (TPSA) is 93.9 Å². The maximum atomic E-state index is 14.5. The van der Waals surface area contributed by atoms with E-state index in [-0.39, 0.29) is 35.8 Å². The Balaban J connectivity index is 1.31. The highest BCUT2D eigenvalue weighted by molar-refractivity contribution is 5.64. The van der Waals surface area contributed by atoms with E-state index in [9.17, 15) is 13.9 Å². The molecule has 0 amide bonds. The fourth-order valence-electron chi connectivity index (χ4n) is 6.73. The number of aromatic nitrogens is 5. The molecule has 4 heterocycles. The molecule has 0 radical (unpaired) electrons. The Morgan fingerprint density at radius 2 is 1.58 bits per heavy atom. The SMILES string of the molecule is CC1(C)[C@H]2CC[C@@]1(c1cccc(-c3ccc(C4(O)COC4)nn3)n1)c1nnc(-c3c(F)cccc3F)cc12. The van der Waals surface area contributed by atoms with Gasteiger partial charge in [-0.05, 0) is 72.2 Å². The van der Waals surface area contributed by atoms with Gasteiger partial charge < -0.3 is 9.84 Å². The van der Waals surface area contributed by atoms with E-state index in [1.54, 1.807) is 12.1 Å². The van der Waals surface area contributed by atoms with Crippen LogP contribution in [-0.2, 0) is 15.8 Å². The molecule has 0 unspecified atom stereocenters. The van der Waals surface area contributed by atoms with Crippen LogP contribution in [0.2, 0.25) is 0 Å². The van der Waals surface area contributed by atoms with Crippen molar-refractivity contribution >= 4 is 0 Å². The Labute approximate surface area is 218 Å². The predicted molar refractivity (Wildman–Crippen MR) is 134 cm³/mol. The number of halogens is 2. The molecule has 2 aliphatic carbocycles. The van der Waals surface area contributed by atoms with Crippen LogP contribution < -0.4 is 0 Å². The molecule has 7 nitrogen and oxygen atoms in total. The summed E-state index contributed by atoms with van der Waals surface area (Å²) in [6.45, 7) is 4.83. The van der Waals surface area contributed by atoms with Crippen LogP contribution in [0.3, 0.4) is 0 Å². The Bertz CT molecular complexity index is 1570. The Kier molecular flexibility index (Phi) is 4.88. The van der Waals surface area contributed by atoms with Gasteiger partial charge >= 0.3 is 0 Å². The monoisotopic (exact) mass is 513 g/mol. The molecule has 1 saturated carbocycles. The summed E-state index contributed by atoms with van der Waals surface area (Å²) in [7, 11) is 0. The summed E-state index contributed by atoms with van der Waals surface area (Å²) < 4.78 is 34.2. The lowest BCUT2D eigenvalue weighted by molar-refractivity contribution is -0.187. The van der Waals surface area contributed by atoms with E-state index in [1.165, 1.54) is 18.2 Å².